The lowest BCUT2D eigenvalue weighted by molar-refractivity contribution is 0.224. The molecule has 10 heteroatoms. The monoisotopic (exact) mass is 455 g/mol. The molecule has 5 rings (SSSR count). The lowest BCUT2D eigenvalue weighted by Crippen LogP contribution is -2.41. The molecule has 0 aliphatic carbocycles. The summed E-state index contributed by atoms with van der Waals surface area (Å²) in [6.45, 7) is 4.47. The minimum Gasteiger partial charge on any atom is -0.412 e. The molecule has 4 aromatic rings. The molecule has 1 aromatic carbocycles. The quantitative estimate of drug-likeness (QED) is 0.424. The Bertz CT molecular complexity index is 1160. The van der Waals surface area contributed by atoms with E-state index in [1.807, 2.05) is 30.5 Å². The molecule has 1 saturated heterocycles. The molecule has 4 heterocycles. The third kappa shape index (κ3) is 5.62. The van der Waals surface area contributed by atoms with E-state index >= 15 is 0 Å². The van der Waals surface area contributed by atoms with E-state index in [4.69, 9.17) is 15.7 Å². The van der Waals surface area contributed by atoms with E-state index < -0.39 is 0 Å². The maximum atomic E-state index is 5.70. The summed E-state index contributed by atoms with van der Waals surface area (Å²) >= 11 is 0. The van der Waals surface area contributed by atoms with Crippen LogP contribution >= 0.6 is 0 Å². The van der Waals surface area contributed by atoms with Crippen LogP contribution < -0.4 is 11.1 Å². The van der Waals surface area contributed by atoms with Crippen LogP contribution in [0.2, 0.25) is 0 Å². The van der Waals surface area contributed by atoms with Gasteiger partial charge in [0.05, 0.1) is 17.8 Å². The highest BCUT2D eigenvalue weighted by Crippen LogP contribution is 2.23. The van der Waals surface area contributed by atoms with E-state index in [-0.39, 0.29) is 16.4 Å². The molecule has 0 saturated carbocycles. The van der Waals surface area contributed by atoms with Crippen LogP contribution in [0.3, 0.4) is 0 Å². The maximum absolute atomic E-state index is 5.70. The van der Waals surface area contributed by atoms with E-state index in [0.29, 0.717) is 12.6 Å². The Morgan fingerprint density at radius 1 is 0.909 bits per heavy atom. The number of nitrogens with zero attached hydrogens (tertiary/aromatic N) is 5. The van der Waals surface area contributed by atoms with Gasteiger partial charge in [-0.2, -0.15) is 0 Å². The van der Waals surface area contributed by atoms with Gasteiger partial charge < -0.3 is 32.4 Å². The second kappa shape index (κ2) is 11.6. The number of nitrogens with one attached hydrogen (secondary N) is 1. The number of piperidine rings is 1. The second-order valence-corrected chi connectivity index (χ2v) is 7.91. The number of likely N-dealkylation sites (tertiary alicyclic amines) is 1. The average molecular weight is 456 g/mol. The summed E-state index contributed by atoms with van der Waals surface area (Å²) in [6, 6.07) is 16.8. The van der Waals surface area contributed by atoms with Crippen molar-refractivity contribution in [3.8, 4) is 0 Å². The van der Waals surface area contributed by atoms with Crippen molar-refractivity contribution in [3.05, 3.63) is 60.4 Å². The normalized spacial score (nSPS) is 14.3. The zero-order valence-corrected chi connectivity index (χ0v) is 18.5. The molecule has 0 radical (unpaired) electrons. The van der Waals surface area contributed by atoms with Crippen LogP contribution in [0.25, 0.3) is 22.1 Å². The second-order valence-electron chi connectivity index (χ2n) is 7.91. The minimum absolute atomic E-state index is 0. The Labute approximate surface area is 192 Å². The van der Waals surface area contributed by atoms with Crippen molar-refractivity contribution in [3.63, 3.8) is 0 Å². The van der Waals surface area contributed by atoms with Gasteiger partial charge in [0.15, 0.2) is 5.65 Å². The van der Waals surface area contributed by atoms with Gasteiger partial charge >= 0.3 is 0 Å². The van der Waals surface area contributed by atoms with Gasteiger partial charge in [0.1, 0.15) is 5.52 Å². The number of hydrogen-bond acceptors (Lipinski definition) is 6. The third-order valence-corrected chi connectivity index (χ3v) is 5.85. The predicted octanol–water partition coefficient (Wildman–Crippen LogP) is 0.389. The van der Waals surface area contributed by atoms with Crippen molar-refractivity contribution in [2.24, 2.45) is 5.73 Å². The van der Waals surface area contributed by atoms with Crippen molar-refractivity contribution < 1.29 is 16.4 Å². The summed E-state index contributed by atoms with van der Waals surface area (Å²) in [5, 5.41) is 4.84. The van der Waals surface area contributed by atoms with Crippen molar-refractivity contribution in [1.29, 1.82) is 0 Å². The molecule has 0 bridgehead atoms. The maximum Gasteiger partial charge on any atom is 0.205 e. The first kappa shape index (κ1) is 26.1. The fourth-order valence-electron chi connectivity index (χ4n) is 4.24. The standard InChI is InChI=1S/C23H27N7.3H2O/c24-11-15-29-13-9-18(10-14-29)27-23-28-21-6-3-12-25-22(21)30(23)16-19-8-7-17-4-1-2-5-20(17)26-19;;;/h1-8,12,18H,9-11,13-16,24H2,(H,27,28);3*1H2. The third-order valence-electron chi connectivity index (χ3n) is 5.85. The van der Waals surface area contributed by atoms with Crippen LogP contribution in [0.1, 0.15) is 18.5 Å². The van der Waals surface area contributed by atoms with Gasteiger partial charge in [-0.25, -0.2) is 9.97 Å². The Morgan fingerprint density at radius 3 is 2.45 bits per heavy atom. The lowest BCUT2D eigenvalue weighted by Gasteiger charge is -2.32. The molecule has 10 nitrogen and oxygen atoms in total. The zero-order chi connectivity index (χ0) is 20.3. The Kier molecular flexibility index (Phi) is 9.21. The van der Waals surface area contributed by atoms with Crippen molar-refractivity contribution in [1.82, 2.24) is 24.4 Å². The van der Waals surface area contributed by atoms with Crippen LogP contribution in [0.5, 0.6) is 0 Å². The van der Waals surface area contributed by atoms with Crippen LogP contribution in [-0.4, -0.2) is 73.1 Å². The molecule has 9 N–H and O–H groups in total. The lowest BCUT2D eigenvalue weighted by atomic mass is 10.1. The molecule has 0 atom stereocenters. The van der Waals surface area contributed by atoms with Gasteiger partial charge in [-0.1, -0.05) is 24.3 Å². The van der Waals surface area contributed by atoms with E-state index in [1.165, 1.54) is 0 Å². The summed E-state index contributed by atoms with van der Waals surface area (Å²) in [5.41, 5.74) is 9.50. The molecule has 3 aromatic heterocycles. The van der Waals surface area contributed by atoms with Crippen LogP contribution in [0.4, 0.5) is 5.95 Å². The Morgan fingerprint density at radius 2 is 1.67 bits per heavy atom. The molecule has 1 aliphatic rings. The minimum atomic E-state index is 0. The van der Waals surface area contributed by atoms with Crippen LogP contribution in [0, 0.1) is 0 Å². The number of nitrogens with two attached hydrogens (primary N) is 1. The number of para-hydroxylation sites is 1. The molecule has 33 heavy (non-hydrogen) atoms. The number of fused-ring (bicyclic) bond motifs is 2. The first-order chi connectivity index (χ1) is 14.8. The summed E-state index contributed by atoms with van der Waals surface area (Å²) < 4.78 is 2.15. The fraction of sp³-hybridized carbons (Fsp3) is 0.348. The summed E-state index contributed by atoms with van der Waals surface area (Å²) in [5.74, 6) is 0.871. The van der Waals surface area contributed by atoms with Gasteiger partial charge in [0.25, 0.3) is 0 Å². The van der Waals surface area contributed by atoms with Crippen LogP contribution in [-0.2, 0) is 6.54 Å². The summed E-state index contributed by atoms with van der Waals surface area (Å²) in [6.07, 6.45) is 4.00. The number of anilines is 1. The number of pyridine rings is 2. The van der Waals surface area contributed by atoms with Crippen molar-refractivity contribution in [2.45, 2.75) is 25.4 Å². The number of imidazole rings is 1. The van der Waals surface area contributed by atoms with Gasteiger partial charge in [-0.3, -0.25) is 9.55 Å². The predicted molar refractivity (Wildman–Crippen MR) is 131 cm³/mol. The zero-order valence-electron chi connectivity index (χ0n) is 18.5. The highest BCUT2D eigenvalue weighted by molar-refractivity contribution is 5.78. The molecule has 178 valence electrons. The SMILES string of the molecule is NCCN1CCC(Nc2nc3cccnc3n2Cc2ccc3ccccc3n2)CC1.O.O.O. The smallest absolute Gasteiger partial charge is 0.205 e. The van der Waals surface area contributed by atoms with Crippen LogP contribution in [0.15, 0.2) is 54.7 Å². The Balaban J connectivity index is 0.00000128. The number of benzene rings is 1. The summed E-state index contributed by atoms with van der Waals surface area (Å²) in [4.78, 5) is 16.7. The van der Waals surface area contributed by atoms with Gasteiger partial charge in [-0.15, -0.1) is 0 Å². The fourth-order valence-corrected chi connectivity index (χ4v) is 4.24. The van der Waals surface area contributed by atoms with Crippen molar-refractivity contribution in [2.75, 3.05) is 31.5 Å². The summed E-state index contributed by atoms with van der Waals surface area (Å²) in [7, 11) is 0. The molecular formula is C23H33N7O3. The first-order valence-electron chi connectivity index (χ1n) is 10.6. The van der Waals surface area contributed by atoms with E-state index in [2.05, 4.69) is 44.0 Å². The largest absolute Gasteiger partial charge is 0.412 e. The van der Waals surface area contributed by atoms with E-state index in [1.54, 1.807) is 0 Å². The van der Waals surface area contributed by atoms with Crippen molar-refractivity contribution >= 4 is 28.0 Å². The number of hydrogen-bond donors (Lipinski definition) is 2. The number of aromatic nitrogens is 4. The highest BCUT2D eigenvalue weighted by atomic mass is 16.0. The van der Waals surface area contributed by atoms with E-state index in [9.17, 15) is 0 Å². The highest BCUT2D eigenvalue weighted by Gasteiger charge is 2.21. The van der Waals surface area contributed by atoms with Gasteiger partial charge in [-0.05, 0) is 37.1 Å². The Hall–Kier alpha value is -3.15. The molecule has 0 unspecified atom stereocenters. The molecule has 1 aliphatic heterocycles. The molecule has 0 spiro atoms. The van der Waals surface area contributed by atoms with Gasteiger partial charge in [0.2, 0.25) is 5.95 Å². The topological polar surface area (TPSA) is 179 Å². The average Bonchev–Trinajstić information content (AvgIpc) is 3.12. The van der Waals surface area contributed by atoms with E-state index in [0.717, 1.165) is 72.7 Å². The van der Waals surface area contributed by atoms with Gasteiger partial charge in [0, 0.05) is 43.8 Å². The number of rotatable bonds is 6. The first-order valence-corrected chi connectivity index (χ1v) is 10.6. The molecule has 0 amide bonds. The molecular weight excluding hydrogens is 422 g/mol. The molecule has 1 fully saturated rings.